The zero-order valence-corrected chi connectivity index (χ0v) is 18.1. The number of fused-ring (bicyclic) bond motifs is 1. The van der Waals surface area contributed by atoms with E-state index in [1.54, 1.807) is 10.7 Å². The Morgan fingerprint density at radius 2 is 2.15 bits per heavy atom. The van der Waals surface area contributed by atoms with E-state index >= 15 is 0 Å². The highest BCUT2D eigenvalue weighted by molar-refractivity contribution is 6.00. The number of rotatable bonds is 6. The lowest BCUT2D eigenvalue weighted by atomic mass is 9.97. The number of nitrogens with two attached hydrogens (primary N) is 1. The summed E-state index contributed by atoms with van der Waals surface area (Å²) in [6, 6.07) is 7.76. The number of aromatic amines is 1. The first kappa shape index (κ1) is 21.3. The van der Waals surface area contributed by atoms with E-state index in [2.05, 4.69) is 35.9 Å². The number of amides is 2. The fourth-order valence-corrected chi connectivity index (χ4v) is 4.00. The summed E-state index contributed by atoms with van der Waals surface area (Å²) in [5, 5.41) is 17.1. The summed E-state index contributed by atoms with van der Waals surface area (Å²) in [6.45, 7) is 2.38. The average molecular weight is 464 g/mol. The highest BCUT2D eigenvalue weighted by atomic mass is 19.1. The Balaban J connectivity index is 1.47. The molecule has 0 saturated carbocycles. The summed E-state index contributed by atoms with van der Waals surface area (Å²) in [5.74, 6) is -0.402. The van der Waals surface area contributed by atoms with Gasteiger partial charge in [-0.05, 0) is 44.0 Å². The third-order valence-corrected chi connectivity index (χ3v) is 5.83. The Kier molecular flexibility index (Phi) is 5.07. The van der Waals surface area contributed by atoms with Gasteiger partial charge in [-0.15, -0.1) is 5.10 Å². The number of pyridine rings is 1. The van der Waals surface area contributed by atoms with Crippen molar-refractivity contribution >= 4 is 40.6 Å². The normalized spacial score (nSPS) is 17.8. The molecule has 1 aliphatic rings. The molecular formula is C21H21FN10O2. The van der Waals surface area contributed by atoms with Gasteiger partial charge in [0, 0.05) is 18.8 Å². The maximum atomic E-state index is 13.3. The first-order chi connectivity index (χ1) is 16.3. The van der Waals surface area contributed by atoms with Crippen molar-refractivity contribution in [2.24, 2.45) is 5.73 Å². The van der Waals surface area contributed by atoms with Gasteiger partial charge in [0.15, 0.2) is 11.6 Å². The van der Waals surface area contributed by atoms with Crippen molar-refractivity contribution in [2.75, 3.05) is 22.1 Å². The molecule has 1 saturated heterocycles. The molecule has 174 valence electrons. The SMILES string of the molecule is CC1(C(=O)Nc2ccc(F)nc2)CCCN1c1nc(Nc2cc(C(N)=O)[nH]n2)c2cccn2n1. The zero-order chi connectivity index (χ0) is 23.9. The number of anilines is 4. The number of carbonyl (C=O) groups excluding carboxylic acids is 2. The van der Waals surface area contributed by atoms with Gasteiger partial charge >= 0.3 is 0 Å². The van der Waals surface area contributed by atoms with Gasteiger partial charge in [0.2, 0.25) is 17.8 Å². The van der Waals surface area contributed by atoms with Crippen molar-refractivity contribution in [3.63, 3.8) is 0 Å². The van der Waals surface area contributed by atoms with Gasteiger partial charge in [0.05, 0.1) is 11.9 Å². The number of aromatic nitrogens is 6. The zero-order valence-electron chi connectivity index (χ0n) is 18.1. The van der Waals surface area contributed by atoms with Crippen molar-refractivity contribution < 1.29 is 14.0 Å². The lowest BCUT2D eigenvalue weighted by molar-refractivity contribution is -0.120. The lowest BCUT2D eigenvalue weighted by Gasteiger charge is -2.34. The largest absolute Gasteiger partial charge is 0.364 e. The van der Waals surface area contributed by atoms with Crippen LogP contribution in [0, 0.1) is 5.95 Å². The Hall–Kier alpha value is -4.55. The molecule has 0 bridgehead atoms. The van der Waals surface area contributed by atoms with Crippen molar-refractivity contribution in [1.29, 1.82) is 0 Å². The van der Waals surface area contributed by atoms with Crippen LogP contribution in [0.1, 0.15) is 30.3 Å². The predicted molar refractivity (Wildman–Crippen MR) is 121 cm³/mol. The Morgan fingerprint density at radius 3 is 2.88 bits per heavy atom. The highest BCUT2D eigenvalue weighted by Crippen LogP contribution is 2.34. The molecule has 0 aliphatic carbocycles. The number of halogens is 1. The quantitative estimate of drug-likeness (QED) is 0.315. The van der Waals surface area contributed by atoms with E-state index in [4.69, 9.17) is 5.73 Å². The molecule has 1 aliphatic heterocycles. The van der Waals surface area contributed by atoms with Crippen molar-refractivity contribution in [2.45, 2.75) is 25.3 Å². The summed E-state index contributed by atoms with van der Waals surface area (Å²) >= 11 is 0. The minimum absolute atomic E-state index is 0.155. The van der Waals surface area contributed by atoms with E-state index in [1.165, 1.54) is 24.4 Å². The second-order valence-electron chi connectivity index (χ2n) is 8.11. The average Bonchev–Trinajstić information content (AvgIpc) is 3.55. The second-order valence-corrected chi connectivity index (χ2v) is 8.11. The molecule has 1 fully saturated rings. The van der Waals surface area contributed by atoms with Gasteiger partial charge in [-0.3, -0.25) is 14.7 Å². The van der Waals surface area contributed by atoms with Crippen LogP contribution in [-0.2, 0) is 4.79 Å². The van der Waals surface area contributed by atoms with E-state index < -0.39 is 17.4 Å². The van der Waals surface area contributed by atoms with E-state index in [-0.39, 0.29) is 11.6 Å². The summed E-state index contributed by atoms with van der Waals surface area (Å²) < 4.78 is 14.8. The summed E-state index contributed by atoms with van der Waals surface area (Å²) in [5.41, 5.74) is 5.57. The van der Waals surface area contributed by atoms with Gasteiger partial charge < -0.3 is 21.3 Å². The summed E-state index contributed by atoms with van der Waals surface area (Å²) in [7, 11) is 0. The molecule has 0 radical (unpaired) electrons. The molecule has 1 unspecified atom stereocenters. The van der Waals surface area contributed by atoms with Gasteiger partial charge in [-0.25, -0.2) is 9.50 Å². The standard InChI is InChI=1S/C21H21FN10O2/c1-21(19(34)25-12-5-6-15(22)24-11-12)7-3-8-31(21)20-27-18(14-4-2-9-32(14)30-20)26-16-10-13(17(23)33)28-29-16/h2,4-6,9-11H,3,7-8H2,1H3,(H2,23,33)(H,25,34)(H2,26,27,28,29,30). The Labute approximate surface area is 192 Å². The van der Waals surface area contributed by atoms with Crippen molar-refractivity contribution in [1.82, 2.24) is 29.8 Å². The van der Waals surface area contributed by atoms with E-state index in [0.717, 1.165) is 6.42 Å². The fourth-order valence-electron chi connectivity index (χ4n) is 4.00. The molecular weight excluding hydrogens is 443 g/mol. The van der Waals surface area contributed by atoms with Gasteiger partial charge in [-0.2, -0.15) is 14.5 Å². The number of carbonyl (C=O) groups is 2. The van der Waals surface area contributed by atoms with Crippen LogP contribution in [0.15, 0.2) is 42.7 Å². The molecule has 0 spiro atoms. The third-order valence-electron chi connectivity index (χ3n) is 5.83. The number of hydrogen-bond acceptors (Lipinski definition) is 8. The van der Waals surface area contributed by atoms with E-state index in [1.807, 2.05) is 24.0 Å². The van der Waals surface area contributed by atoms with Crippen LogP contribution in [0.5, 0.6) is 0 Å². The number of nitrogens with one attached hydrogen (secondary N) is 3. The van der Waals surface area contributed by atoms with Crippen molar-refractivity contribution in [3.8, 4) is 0 Å². The first-order valence-corrected chi connectivity index (χ1v) is 10.5. The molecule has 0 aromatic carbocycles. The maximum absolute atomic E-state index is 13.3. The first-order valence-electron chi connectivity index (χ1n) is 10.5. The van der Waals surface area contributed by atoms with Gasteiger partial charge in [-0.1, -0.05) is 0 Å². The Bertz CT molecular complexity index is 1380. The third kappa shape index (κ3) is 3.76. The summed E-state index contributed by atoms with van der Waals surface area (Å²) in [4.78, 5) is 34.7. The van der Waals surface area contributed by atoms with Crippen LogP contribution in [0.3, 0.4) is 0 Å². The summed E-state index contributed by atoms with van der Waals surface area (Å²) in [6.07, 6.45) is 4.36. The van der Waals surface area contributed by atoms with Crippen LogP contribution < -0.4 is 21.3 Å². The molecule has 1 atom stereocenters. The number of primary amides is 1. The second kappa shape index (κ2) is 8.10. The molecule has 5 heterocycles. The smallest absolute Gasteiger partial charge is 0.266 e. The number of H-pyrrole nitrogens is 1. The number of nitrogens with zero attached hydrogens (tertiary/aromatic N) is 6. The van der Waals surface area contributed by atoms with Crippen LogP contribution in [-0.4, -0.2) is 53.7 Å². The molecule has 5 rings (SSSR count). The van der Waals surface area contributed by atoms with Gasteiger partial charge in [0.25, 0.3) is 5.91 Å². The van der Waals surface area contributed by atoms with Crippen LogP contribution >= 0.6 is 0 Å². The maximum Gasteiger partial charge on any atom is 0.266 e. The molecule has 5 N–H and O–H groups in total. The minimum atomic E-state index is -0.946. The van der Waals surface area contributed by atoms with Crippen molar-refractivity contribution in [3.05, 3.63) is 54.4 Å². The highest BCUT2D eigenvalue weighted by Gasteiger charge is 2.45. The van der Waals surface area contributed by atoms with Crippen LogP contribution in [0.2, 0.25) is 0 Å². The lowest BCUT2D eigenvalue weighted by Crippen LogP contribution is -2.51. The van der Waals surface area contributed by atoms with E-state index in [9.17, 15) is 14.0 Å². The fraction of sp³-hybridized carbons (Fsp3) is 0.238. The van der Waals surface area contributed by atoms with Gasteiger partial charge in [0.1, 0.15) is 16.7 Å². The predicted octanol–water partition coefficient (Wildman–Crippen LogP) is 1.83. The topological polar surface area (TPSA) is 159 Å². The molecule has 34 heavy (non-hydrogen) atoms. The molecule has 12 nitrogen and oxygen atoms in total. The van der Waals surface area contributed by atoms with E-state index in [0.29, 0.717) is 41.8 Å². The molecule has 2 amide bonds. The minimum Gasteiger partial charge on any atom is -0.364 e. The molecule has 13 heteroatoms. The number of hydrogen-bond donors (Lipinski definition) is 4. The Morgan fingerprint density at radius 1 is 1.29 bits per heavy atom. The van der Waals surface area contributed by atoms with Crippen LogP contribution in [0.25, 0.3) is 5.52 Å². The molecule has 4 aromatic heterocycles. The van der Waals surface area contributed by atoms with Crippen LogP contribution in [0.4, 0.5) is 27.7 Å². The molecule has 4 aromatic rings. The monoisotopic (exact) mass is 464 g/mol.